The predicted octanol–water partition coefficient (Wildman–Crippen LogP) is 1.45. The van der Waals surface area contributed by atoms with Gasteiger partial charge in [0.05, 0.1) is 0 Å². The molecule has 2 heterocycles. The Morgan fingerprint density at radius 2 is 2.29 bits per heavy atom. The Morgan fingerprint density at radius 3 is 2.94 bits per heavy atom. The molecule has 0 saturated carbocycles. The maximum absolute atomic E-state index is 11.8. The van der Waals surface area contributed by atoms with Crippen LogP contribution in [0.5, 0.6) is 0 Å². The van der Waals surface area contributed by atoms with E-state index in [1.54, 1.807) is 19.2 Å². The summed E-state index contributed by atoms with van der Waals surface area (Å²) in [5.74, 6) is 0.262. The number of aryl methyl sites for hydroxylation is 2. The zero-order valence-corrected chi connectivity index (χ0v) is 10.3. The minimum atomic E-state index is -0.297. The van der Waals surface area contributed by atoms with E-state index in [2.05, 4.69) is 25.5 Å². The molecule has 0 unspecified atom stereocenters. The molecule has 0 saturated heterocycles. The zero-order chi connectivity index (χ0) is 12.3. The Kier molecular flexibility index (Phi) is 3.38. The van der Waals surface area contributed by atoms with Gasteiger partial charge < -0.3 is 0 Å². The summed E-state index contributed by atoms with van der Waals surface area (Å²) in [4.78, 5) is 19.8. The standard InChI is InChI=1S/C10H11N5OS/c1-3-8-14-15-10(17-8)13-9(16)7-4-5-11-6(2)12-7/h4-5H,3H2,1-2H3,(H,13,15,16). The van der Waals surface area contributed by atoms with Crippen LogP contribution >= 0.6 is 11.3 Å². The van der Waals surface area contributed by atoms with E-state index in [1.165, 1.54) is 11.3 Å². The van der Waals surface area contributed by atoms with Gasteiger partial charge in [-0.3, -0.25) is 10.1 Å². The number of hydrogen-bond acceptors (Lipinski definition) is 6. The zero-order valence-electron chi connectivity index (χ0n) is 9.47. The second kappa shape index (κ2) is 4.96. The largest absolute Gasteiger partial charge is 0.295 e. The smallest absolute Gasteiger partial charge is 0.276 e. The Bertz CT molecular complexity index is 539. The summed E-state index contributed by atoms with van der Waals surface area (Å²) in [7, 11) is 0. The van der Waals surface area contributed by atoms with Crippen molar-refractivity contribution in [1.29, 1.82) is 0 Å². The highest BCUT2D eigenvalue weighted by molar-refractivity contribution is 7.15. The molecule has 17 heavy (non-hydrogen) atoms. The average Bonchev–Trinajstić information content (AvgIpc) is 2.77. The molecule has 0 aromatic carbocycles. The second-order valence-corrected chi connectivity index (χ2v) is 4.36. The molecular weight excluding hydrogens is 238 g/mol. The van der Waals surface area contributed by atoms with Gasteiger partial charge in [-0.2, -0.15) is 0 Å². The van der Waals surface area contributed by atoms with Crippen molar-refractivity contribution in [2.75, 3.05) is 5.32 Å². The molecule has 0 aliphatic rings. The lowest BCUT2D eigenvalue weighted by Crippen LogP contribution is -2.14. The monoisotopic (exact) mass is 249 g/mol. The van der Waals surface area contributed by atoms with Crippen LogP contribution in [0, 0.1) is 6.92 Å². The lowest BCUT2D eigenvalue weighted by molar-refractivity contribution is 0.102. The Hall–Kier alpha value is -1.89. The summed E-state index contributed by atoms with van der Waals surface area (Å²) in [6, 6.07) is 1.56. The summed E-state index contributed by atoms with van der Waals surface area (Å²) in [6.45, 7) is 3.72. The molecular formula is C10H11N5OS. The van der Waals surface area contributed by atoms with E-state index in [-0.39, 0.29) is 5.91 Å². The van der Waals surface area contributed by atoms with Gasteiger partial charge in [0.2, 0.25) is 5.13 Å². The molecule has 2 aromatic rings. The minimum absolute atomic E-state index is 0.297. The molecule has 0 radical (unpaired) electrons. The van der Waals surface area contributed by atoms with E-state index < -0.39 is 0 Å². The number of anilines is 1. The SMILES string of the molecule is CCc1nnc(NC(=O)c2ccnc(C)n2)s1. The number of aromatic nitrogens is 4. The van der Waals surface area contributed by atoms with E-state index in [9.17, 15) is 4.79 Å². The molecule has 88 valence electrons. The lowest BCUT2D eigenvalue weighted by atomic mass is 10.4. The normalized spacial score (nSPS) is 10.2. The first-order valence-corrected chi connectivity index (χ1v) is 5.94. The Morgan fingerprint density at radius 1 is 1.47 bits per heavy atom. The van der Waals surface area contributed by atoms with E-state index >= 15 is 0 Å². The molecule has 0 spiro atoms. The van der Waals surface area contributed by atoms with Crippen LogP contribution in [-0.4, -0.2) is 26.1 Å². The number of carbonyl (C=O) groups excluding carboxylic acids is 1. The minimum Gasteiger partial charge on any atom is -0.295 e. The lowest BCUT2D eigenvalue weighted by Gasteiger charge is -2.00. The van der Waals surface area contributed by atoms with Crippen molar-refractivity contribution in [3.63, 3.8) is 0 Å². The molecule has 0 aliphatic carbocycles. The molecule has 0 aliphatic heterocycles. The first-order chi connectivity index (χ1) is 8.19. The molecule has 0 bridgehead atoms. The summed E-state index contributed by atoms with van der Waals surface area (Å²) in [6.07, 6.45) is 2.36. The molecule has 1 N–H and O–H groups in total. The molecule has 0 fully saturated rings. The van der Waals surface area contributed by atoms with Crippen molar-refractivity contribution in [3.8, 4) is 0 Å². The third kappa shape index (κ3) is 2.82. The summed E-state index contributed by atoms with van der Waals surface area (Å²) >= 11 is 1.36. The quantitative estimate of drug-likeness (QED) is 0.890. The van der Waals surface area contributed by atoms with Crippen LogP contribution in [0.1, 0.15) is 28.2 Å². The maximum atomic E-state index is 11.8. The van der Waals surface area contributed by atoms with Crippen LogP contribution in [0.3, 0.4) is 0 Å². The van der Waals surface area contributed by atoms with E-state index in [0.29, 0.717) is 16.6 Å². The fourth-order valence-electron chi connectivity index (χ4n) is 1.19. The molecule has 2 rings (SSSR count). The van der Waals surface area contributed by atoms with Crippen molar-refractivity contribution >= 4 is 22.4 Å². The predicted molar refractivity (Wildman–Crippen MR) is 64.0 cm³/mol. The molecule has 2 aromatic heterocycles. The molecule has 1 amide bonds. The fraction of sp³-hybridized carbons (Fsp3) is 0.300. The third-order valence-corrected chi connectivity index (χ3v) is 2.98. The van der Waals surface area contributed by atoms with Crippen LogP contribution < -0.4 is 5.32 Å². The highest BCUT2D eigenvalue weighted by Gasteiger charge is 2.10. The van der Waals surface area contributed by atoms with Crippen molar-refractivity contribution in [3.05, 3.63) is 28.8 Å². The van der Waals surface area contributed by atoms with Gasteiger partial charge in [0.15, 0.2) is 0 Å². The number of nitrogens with one attached hydrogen (secondary N) is 1. The van der Waals surface area contributed by atoms with Gasteiger partial charge in [0, 0.05) is 6.20 Å². The van der Waals surface area contributed by atoms with Crippen LogP contribution in [0.25, 0.3) is 0 Å². The van der Waals surface area contributed by atoms with Gasteiger partial charge in [-0.05, 0) is 19.4 Å². The van der Waals surface area contributed by atoms with Crippen molar-refractivity contribution in [1.82, 2.24) is 20.2 Å². The Labute approximate surface area is 102 Å². The number of rotatable bonds is 3. The molecule has 7 heteroatoms. The highest BCUT2D eigenvalue weighted by atomic mass is 32.1. The topological polar surface area (TPSA) is 80.7 Å². The number of nitrogens with zero attached hydrogens (tertiary/aromatic N) is 4. The second-order valence-electron chi connectivity index (χ2n) is 3.30. The van der Waals surface area contributed by atoms with E-state index in [0.717, 1.165) is 11.4 Å². The summed E-state index contributed by atoms with van der Waals surface area (Å²) in [5.41, 5.74) is 0.325. The van der Waals surface area contributed by atoms with Gasteiger partial charge >= 0.3 is 0 Å². The maximum Gasteiger partial charge on any atom is 0.276 e. The van der Waals surface area contributed by atoms with E-state index in [1.807, 2.05) is 6.92 Å². The first-order valence-electron chi connectivity index (χ1n) is 5.12. The van der Waals surface area contributed by atoms with Crippen molar-refractivity contribution in [2.45, 2.75) is 20.3 Å². The van der Waals surface area contributed by atoms with Gasteiger partial charge in [-0.25, -0.2) is 9.97 Å². The van der Waals surface area contributed by atoms with Crippen LogP contribution in [0.4, 0.5) is 5.13 Å². The van der Waals surface area contributed by atoms with Gasteiger partial charge in [0.1, 0.15) is 16.5 Å². The number of carbonyl (C=O) groups is 1. The molecule has 6 nitrogen and oxygen atoms in total. The van der Waals surface area contributed by atoms with Crippen molar-refractivity contribution in [2.24, 2.45) is 0 Å². The highest BCUT2D eigenvalue weighted by Crippen LogP contribution is 2.15. The van der Waals surface area contributed by atoms with Gasteiger partial charge in [-0.1, -0.05) is 18.3 Å². The van der Waals surface area contributed by atoms with Crippen LogP contribution in [0.2, 0.25) is 0 Å². The van der Waals surface area contributed by atoms with Crippen molar-refractivity contribution < 1.29 is 4.79 Å². The first kappa shape index (κ1) is 11.6. The summed E-state index contributed by atoms with van der Waals surface area (Å²) in [5, 5.41) is 11.8. The van der Waals surface area contributed by atoms with E-state index in [4.69, 9.17) is 0 Å². The van der Waals surface area contributed by atoms with Crippen LogP contribution in [0.15, 0.2) is 12.3 Å². The number of hydrogen-bond donors (Lipinski definition) is 1. The average molecular weight is 249 g/mol. The van der Waals surface area contributed by atoms with Crippen LogP contribution in [-0.2, 0) is 6.42 Å². The Balaban J connectivity index is 2.11. The summed E-state index contributed by atoms with van der Waals surface area (Å²) < 4.78 is 0. The fourth-order valence-corrected chi connectivity index (χ4v) is 1.87. The van der Waals surface area contributed by atoms with Gasteiger partial charge in [0.25, 0.3) is 5.91 Å². The van der Waals surface area contributed by atoms with Gasteiger partial charge in [-0.15, -0.1) is 10.2 Å². The molecule has 0 atom stereocenters. The third-order valence-electron chi connectivity index (χ3n) is 2.00. The number of amides is 1.